The highest BCUT2D eigenvalue weighted by molar-refractivity contribution is 7.98. The van der Waals surface area contributed by atoms with Crippen LogP contribution in [0.5, 0.6) is 0 Å². The molecule has 1 amide bonds. The quantitative estimate of drug-likeness (QED) is 0.437. The third-order valence-electron chi connectivity index (χ3n) is 1.91. The Morgan fingerprint density at radius 2 is 2.00 bits per heavy atom. The first-order valence-corrected chi connectivity index (χ1v) is 5.87. The van der Waals surface area contributed by atoms with Crippen molar-refractivity contribution in [2.75, 3.05) is 6.61 Å². The zero-order valence-corrected chi connectivity index (χ0v) is 10.4. The van der Waals surface area contributed by atoms with Crippen molar-refractivity contribution in [3.63, 3.8) is 0 Å². The molecule has 2 N–H and O–H groups in total. The summed E-state index contributed by atoms with van der Waals surface area (Å²) in [6, 6.07) is 5.91. The molecule has 0 aliphatic carbocycles. The lowest BCUT2D eigenvalue weighted by molar-refractivity contribution is -0.757. The third kappa shape index (κ3) is 5.73. The Balaban J connectivity index is 2.33. The molecule has 0 saturated carbocycles. The molecule has 0 bridgehead atoms. The molecule has 0 radical (unpaired) electrons. The second-order valence-electron chi connectivity index (χ2n) is 3.26. The standard InChI is InChI=1S/C10H10N2O6S/c13-9(5-6-18-12(16)17)11-19-8-3-1-7(2-4-8)10(14)15/h1-4H,5-6H2,(H,11,13)(H,14,15). The number of rotatable bonds is 7. The minimum Gasteiger partial charge on any atom is -0.478 e. The molecular weight excluding hydrogens is 276 g/mol. The molecule has 0 unspecified atom stereocenters. The summed E-state index contributed by atoms with van der Waals surface area (Å²) in [6.45, 7) is -0.308. The van der Waals surface area contributed by atoms with Crippen LogP contribution in [0.3, 0.4) is 0 Å². The number of benzene rings is 1. The number of hydrogen-bond acceptors (Lipinski definition) is 6. The van der Waals surface area contributed by atoms with Gasteiger partial charge in [-0.15, -0.1) is 10.1 Å². The van der Waals surface area contributed by atoms with Crippen LogP contribution in [-0.4, -0.2) is 28.7 Å². The lowest BCUT2D eigenvalue weighted by Gasteiger charge is -2.04. The molecule has 0 fully saturated rings. The lowest BCUT2D eigenvalue weighted by Crippen LogP contribution is -2.18. The topological polar surface area (TPSA) is 119 Å². The van der Waals surface area contributed by atoms with Gasteiger partial charge in [-0.3, -0.25) is 9.52 Å². The van der Waals surface area contributed by atoms with E-state index in [9.17, 15) is 19.7 Å². The Morgan fingerprint density at radius 1 is 1.37 bits per heavy atom. The van der Waals surface area contributed by atoms with Gasteiger partial charge in [0.05, 0.1) is 12.0 Å². The Kier molecular flexibility index (Phi) is 5.61. The molecule has 102 valence electrons. The number of aromatic carboxylic acids is 1. The van der Waals surface area contributed by atoms with E-state index in [0.717, 1.165) is 11.9 Å². The van der Waals surface area contributed by atoms with Crippen molar-refractivity contribution < 1.29 is 24.6 Å². The third-order valence-corrected chi connectivity index (χ3v) is 2.75. The smallest absolute Gasteiger partial charge is 0.335 e. The van der Waals surface area contributed by atoms with Crippen LogP contribution < -0.4 is 4.72 Å². The summed E-state index contributed by atoms with van der Waals surface area (Å²) in [5, 5.41) is 17.6. The van der Waals surface area contributed by atoms with Gasteiger partial charge in [-0.2, -0.15) is 0 Å². The molecule has 0 heterocycles. The van der Waals surface area contributed by atoms with E-state index in [-0.39, 0.29) is 18.6 Å². The normalized spacial score (nSPS) is 9.68. The first kappa shape index (κ1) is 14.8. The van der Waals surface area contributed by atoms with Crippen LogP contribution in [0.1, 0.15) is 16.8 Å². The van der Waals surface area contributed by atoms with Gasteiger partial charge in [0.25, 0.3) is 5.09 Å². The van der Waals surface area contributed by atoms with E-state index < -0.39 is 17.0 Å². The number of carbonyl (C=O) groups is 2. The summed E-state index contributed by atoms with van der Waals surface area (Å²) in [4.78, 5) is 36.3. The molecular formula is C10H10N2O6S. The SMILES string of the molecule is O=C(CCO[N+](=O)[O-])NSc1ccc(C(=O)O)cc1. The highest BCUT2D eigenvalue weighted by Crippen LogP contribution is 2.15. The van der Waals surface area contributed by atoms with E-state index in [2.05, 4.69) is 9.56 Å². The summed E-state index contributed by atoms with van der Waals surface area (Å²) in [5.41, 5.74) is 0.148. The van der Waals surface area contributed by atoms with Crippen LogP contribution in [0.4, 0.5) is 0 Å². The highest BCUT2D eigenvalue weighted by atomic mass is 32.2. The molecule has 0 spiro atoms. The predicted molar refractivity (Wildman–Crippen MR) is 65.0 cm³/mol. The Labute approximate surface area is 112 Å². The molecule has 0 aliphatic heterocycles. The molecule has 19 heavy (non-hydrogen) atoms. The monoisotopic (exact) mass is 286 g/mol. The van der Waals surface area contributed by atoms with Gasteiger partial charge >= 0.3 is 5.97 Å². The maximum Gasteiger partial charge on any atom is 0.335 e. The number of carboxylic acids is 1. The highest BCUT2D eigenvalue weighted by Gasteiger charge is 2.05. The zero-order chi connectivity index (χ0) is 14.3. The van der Waals surface area contributed by atoms with Crippen molar-refractivity contribution in [2.45, 2.75) is 11.3 Å². The zero-order valence-electron chi connectivity index (χ0n) is 9.57. The second kappa shape index (κ2) is 7.21. The van der Waals surface area contributed by atoms with Crippen LogP contribution in [-0.2, 0) is 9.63 Å². The van der Waals surface area contributed by atoms with Crippen LogP contribution in [0.25, 0.3) is 0 Å². The average Bonchev–Trinajstić information content (AvgIpc) is 2.36. The van der Waals surface area contributed by atoms with Crippen molar-refractivity contribution in [3.05, 3.63) is 39.9 Å². The molecule has 1 rings (SSSR count). The second-order valence-corrected chi connectivity index (χ2v) is 4.14. The van der Waals surface area contributed by atoms with Crippen LogP contribution >= 0.6 is 11.9 Å². The fourth-order valence-electron chi connectivity index (χ4n) is 1.05. The van der Waals surface area contributed by atoms with Crippen molar-refractivity contribution in [1.82, 2.24) is 4.72 Å². The lowest BCUT2D eigenvalue weighted by atomic mass is 10.2. The summed E-state index contributed by atoms with van der Waals surface area (Å²) < 4.78 is 2.45. The van der Waals surface area contributed by atoms with Crippen molar-refractivity contribution in [3.8, 4) is 0 Å². The fraction of sp³-hybridized carbons (Fsp3) is 0.200. The van der Waals surface area contributed by atoms with Gasteiger partial charge < -0.3 is 9.94 Å². The molecule has 9 heteroatoms. The predicted octanol–water partition coefficient (Wildman–Crippen LogP) is 1.11. The minimum atomic E-state index is -1.03. The summed E-state index contributed by atoms with van der Waals surface area (Å²) in [6.07, 6.45) is -0.138. The van der Waals surface area contributed by atoms with E-state index in [1.165, 1.54) is 12.1 Å². The Morgan fingerprint density at radius 3 is 2.53 bits per heavy atom. The van der Waals surface area contributed by atoms with E-state index >= 15 is 0 Å². The molecule has 0 atom stereocenters. The van der Waals surface area contributed by atoms with Gasteiger partial charge in [-0.05, 0) is 36.2 Å². The largest absolute Gasteiger partial charge is 0.478 e. The van der Waals surface area contributed by atoms with Gasteiger partial charge in [0.15, 0.2) is 0 Å². The van der Waals surface area contributed by atoms with Crippen molar-refractivity contribution >= 4 is 23.8 Å². The Hall–Kier alpha value is -2.29. The Bertz CT molecular complexity index is 475. The van der Waals surface area contributed by atoms with E-state index in [0.29, 0.717) is 4.90 Å². The summed E-state index contributed by atoms with van der Waals surface area (Å²) in [7, 11) is 0. The maximum atomic E-state index is 11.2. The van der Waals surface area contributed by atoms with Gasteiger partial charge in [-0.25, -0.2) is 4.79 Å². The minimum absolute atomic E-state index is 0.138. The maximum absolute atomic E-state index is 11.2. The van der Waals surface area contributed by atoms with Gasteiger partial charge in [0, 0.05) is 4.90 Å². The van der Waals surface area contributed by atoms with E-state index in [1.807, 2.05) is 0 Å². The first-order chi connectivity index (χ1) is 8.99. The molecule has 0 saturated heterocycles. The summed E-state index contributed by atoms with van der Waals surface area (Å²) >= 11 is 0.990. The van der Waals surface area contributed by atoms with E-state index in [4.69, 9.17) is 5.11 Å². The molecule has 1 aromatic carbocycles. The fourth-order valence-corrected chi connectivity index (χ4v) is 1.65. The van der Waals surface area contributed by atoms with Gasteiger partial charge in [0.2, 0.25) is 5.91 Å². The van der Waals surface area contributed by atoms with Crippen LogP contribution in [0.2, 0.25) is 0 Å². The molecule has 0 aliphatic rings. The molecule has 8 nitrogen and oxygen atoms in total. The molecule has 1 aromatic rings. The van der Waals surface area contributed by atoms with Gasteiger partial charge in [0.1, 0.15) is 6.61 Å². The van der Waals surface area contributed by atoms with Gasteiger partial charge in [-0.1, -0.05) is 0 Å². The van der Waals surface area contributed by atoms with E-state index in [1.54, 1.807) is 12.1 Å². The number of carboxylic acid groups (broad SMARTS) is 1. The average molecular weight is 286 g/mol. The number of hydrogen-bond donors (Lipinski definition) is 2. The summed E-state index contributed by atoms with van der Waals surface area (Å²) in [5.74, 6) is -1.45. The molecule has 0 aromatic heterocycles. The van der Waals surface area contributed by atoms with Crippen molar-refractivity contribution in [2.24, 2.45) is 0 Å². The number of nitrogens with zero attached hydrogens (tertiary/aromatic N) is 1. The number of carbonyl (C=O) groups excluding carboxylic acids is 1. The first-order valence-electron chi connectivity index (χ1n) is 5.05. The number of amides is 1. The van der Waals surface area contributed by atoms with Crippen LogP contribution in [0, 0.1) is 10.1 Å². The van der Waals surface area contributed by atoms with Crippen LogP contribution in [0.15, 0.2) is 29.2 Å². The number of nitrogens with one attached hydrogen (secondary N) is 1. The van der Waals surface area contributed by atoms with Crippen molar-refractivity contribution in [1.29, 1.82) is 0 Å².